The fourth-order valence-electron chi connectivity index (χ4n) is 9.64. The number of likely N-dealkylation sites (tertiary alicyclic amines) is 2. The van der Waals surface area contributed by atoms with Crippen LogP contribution in [0.15, 0.2) is 91.1 Å². The summed E-state index contributed by atoms with van der Waals surface area (Å²) in [5.74, 6) is 1.55. The Balaban J connectivity index is 0.764. The van der Waals surface area contributed by atoms with Crippen LogP contribution in [0, 0.1) is 12.8 Å². The van der Waals surface area contributed by atoms with Gasteiger partial charge in [-0.15, -0.1) is 10.2 Å². The summed E-state index contributed by atoms with van der Waals surface area (Å²) in [6.07, 6.45) is 9.98. The number of nitrogens with zero attached hydrogens (tertiary/aromatic N) is 7. The number of amides is 1. The predicted octanol–water partition coefficient (Wildman–Crippen LogP) is 7.15. The van der Waals surface area contributed by atoms with Crippen LogP contribution in [0.3, 0.4) is 0 Å². The summed E-state index contributed by atoms with van der Waals surface area (Å²) in [4.78, 5) is 22.5. The van der Waals surface area contributed by atoms with Gasteiger partial charge in [-0.3, -0.25) is 10.1 Å². The third kappa shape index (κ3) is 7.70. The first-order valence-electron chi connectivity index (χ1n) is 21.8. The van der Waals surface area contributed by atoms with E-state index in [0.717, 1.165) is 107 Å². The fourth-order valence-corrected chi connectivity index (χ4v) is 9.64. The van der Waals surface area contributed by atoms with Crippen LogP contribution in [0.4, 0.5) is 17.2 Å². The van der Waals surface area contributed by atoms with Crippen LogP contribution >= 0.6 is 0 Å². The van der Waals surface area contributed by atoms with Crippen molar-refractivity contribution in [3.05, 3.63) is 108 Å². The van der Waals surface area contributed by atoms with Gasteiger partial charge in [-0.1, -0.05) is 36.4 Å². The van der Waals surface area contributed by atoms with E-state index in [1.54, 1.807) is 18.2 Å². The van der Waals surface area contributed by atoms with Crippen LogP contribution in [0.5, 0.6) is 5.75 Å². The van der Waals surface area contributed by atoms with Gasteiger partial charge in [-0.05, 0) is 105 Å². The van der Waals surface area contributed by atoms with E-state index in [1.165, 1.54) is 16.8 Å². The molecular formula is C46H55N9O2. The van der Waals surface area contributed by atoms with E-state index in [0.29, 0.717) is 35.0 Å². The minimum absolute atomic E-state index is 0.122. The lowest BCUT2D eigenvalue weighted by Crippen LogP contribution is -2.43. The first-order valence-corrected chi connectivity index (χ1v) is 20.7. The highest BCUT2D eigenvalue weighted by Gasteiger charge is 2.30. The number of carbonyl (C=O) groups is 1. The van der Waals surface area contributed by atoms with Crippen LogP contribution in [0.1, 0.15) is 74.8 Å². The van der Waals surface area contributed by atoms with E-state index >= 15 is 0 Å². The highest BCUT2D eigenvalue weighted by molar-refractivity contribution is 5.95. The quantitative estimate of drug-likeness (QED) is 0.151. The van der Waals surface area contributed by atoms with Gasteiger partial charge in [0.1, 0.15) is 5.75 Å². The fraction of sp³-hybridized carbons (Fsp3) is 0.413. The number of anilines is 3. The lowest BCUT2D eigenvalue weighted by atomic mass is 9.89. The monoisotopic (exact) mass is 767 g/mol. The first-order chi connectivity index (χ1) is 28.7. The molecule has 3 aromatic carbocycles. The van der Waals surface area contributed by atoms with Crippen molar-refractivity contribution in [2.24, 2.45) is 5.92 Å². The molecule has 0 spiro atoms. The second kappa shape index (κ2) is 16.2. The number of benzene rings is 3. The van der Waals surface area contributed by atoms with Gasteiger partial charge >= 0.3 is 0 Å². The van der Waals surface area contributed by atoms with E-state index in [2.05, 4.69) is 73.2 Å². The SMILES string of the molecule is [2H]C1C=CN(c2cccc3c2cc(C)n3C2CCN(CC3CCN(C(=O)c4ccc(C5CCCN(c6cc(-c7ccccc7O)nnc6N)C5)cc4)CC3)CC2)[C@H]([2H])N1. The molecular weight excluding hydrogens is 711 g/mol. The molecule has 11 nitrogen and oxygen atoms in total. The molecule has 57 heavy (non-hydrogen) atoms. The summed E-state index contributed by atoms with van der Waals surface area (Å²) in [5.41, 5.74) is 13.8. The van der Waals surface area contributed by atoms with Gasteiger partial charge in [-0.25, -0.2) is 0 Å². The van der Waals surface area contributed by atoms with Crippen LogP contribution in [-0.2, 0) is 0 Å². The number of carbonyl (C=O) groups excluding carboxylic acids is 1. The number of aromatic nitrogens is 3. The molecule has 296 valence electrons. The topological polar surface area (TPSA) is 119 Å². The number of aryl methyl sites for hydroxylation is 1. The summed E-state index contributed by atoms with van der Waals surface area (Å²) in [7, 11) is 0. The maximum Gasteiger partial charge on any atom is 0.253 e. The van der Waals surface area contributed by atoms with Crippen LogP contribution in [0.25, 0.3) is 22.2 Å². The average Bonchev–Trinajstić information content (AvgIpc) is 3.60. The van der Waals surface area contributed by atoms with Crippen LogP contribution in [0.2, 0.25) is 0 Å². The van der Waals surface area contributed by atoms with Gasteiger partial charge in [0.15, 0.2) is 5.82 Å². The number of fused-ring (bicyclic) bond motifs is 1. The Morgan fingerprint density at radius 2 is 1.72 bits per heavy atom. The van der Waals surface area contributed by atoms with E-state index < -0.39 is 13.2 Å². The Hall–Kier alpha value is -5.39. The summed E-state index contributed by atoms with van der Waals surface area (Å²) in [6.45, 7) is 7.41. The van der Waals surface area contributed by atoms with Crippen molar-refractivity contribution in [1.29, 1.82) is 0 Å². The third-order valence-corrected chi connectivity index (χ3v) is 12.7. The summed E-state index contributed by atoms with van der Waals surface area (Å²) in [5, 5.41) is 23.0. The maximum atomic E-state index is 13.7. The number of hydrogen-bond acceptors (Lipinski definition) is 9. The Bertz CT molecular complexity index is 2320. The van der Waals surface area contributed by atoms with Gasteiger partial charge < -0.3 is 35.0 Å². The van der Waals surface area contributed by atoms with E-state index in [-0.39, 0.29) is 11.7 Å². The number of nitrogens with one attached hydrogen (secondary N) is 1. The van der Waals surface area contributed by atoms with Gasteiger partial charge in [0.2, 0.25) is 0 Å². The number of phenols is 1. The minimum atomic E-state index is -0.691. The number of phenolic OH excluding ortho intramolecular Hbond substituents is 1. The minimum Gasteiger partial charge on any atom is -0.507 e. The molecule has 4 N–H and O–H groups in total. The third-order valence-electron chi connectivity index (χ3n) is 12.7. The lowest BCUT2D eigenvalue weighted by Gasteiger charge is -2.38. The Morgan fingerprint density at radius 3 is 2.51 bits per heavy atom. The van der Waals surface area contributed by atoms with Crippen molar-refractivity contribution in [2.45, 2.75) is 57.4 Å². The summed E-state index contributed by atoms with van der Waals surface area (Å²) in [6, 6.07) is 26.4. The van der Waals surface area contributed by atoms with Crippen molar-refractivity contribution >= 4 is 34.0 Å². The molecule has 11 heteroatoms. The average molecular weight is 768 g/mol. The smallest absolute Gasteiger partial charge is 0.253 e. The largest absolute Gasteiger partial charge is 0.507 e. The van der Waals surface area contributed by atoms with Gasteiger partial charge in [0, 0.05) is 94.1 Å². The number of nitrogen functional groups attached to an aromatic ring is 1. The highest BCUT2D eigenvalue weighted by atomic mass is 16.3. The molecule has 3 fully saturated rings. The van der Waals surface area contributed by atoms with Gasteiger partial charge in [-0.2, -0.15) is 0 Å². The predicted molar refractivity (Wildman–Crippen MR) is 229 cm³/mol. The second-order valence-corrected chi connectivity index (χ2v) is 16.3. The summed E-state index contributed by atoms with van der Waals surface area (Å²) < 4.78 is 19.0. The van der Waals surface area contributed by atoms with E-state index in [4.69, 9.17) is 8.48 Å². The molecule has 2 unspecified atom stereocenters. The molecule has 4 aliphatic heterocycles. The molecule has 0 saturated carbocycles. The lowest BCUT2D eigenvalue weighted by molar-refractivity contribution is 0.0653. The first kappa shape index (κ1) is 34.8. The molecule has 5 aromatic rings. The van der Waals surface area contributed by atoms with E-state index in [9.17, 15) is 9.90 Å². The zero-order valence-corrected chi connectivity index (χ0v) is 32.8. The summed E-state index contributed by atoms with van der Waals surface area (Å²) >= 11 is 0. The molecule has 3 saturated heterocycles. The number of hydrogen-bond donors (Lipinski definition) is 3. The number of nitrogens with two attached hydrogens (primary N) is 1. The van der Waals surface area contributed by atoms with E-state index in [1.807, 2.05) is 46.3 Å². The standard InChI is InChI=1S/C46H55N9O2/c1-32-27-39-41(54-22-6-20-48-31-54)9-4-10-42(39)55(32)37-18-23-51(24-19-37)29-33-16-25-52(26-17-33)46(57)35-14-12-34(13-15-35)36-7-5-21-53(30-36)43-28-40(49-50-45(43)47)38-8-2-3-11-44(38)56/h2-4,6,8-15,22,27-28,33,36-37,48,56H,5,7,16-21,23-26,29-31H2,1H3,(H2,47,50)/i20D,31D/t20?,31-,36?/m1/s1. The van der Waals surface area contributed by atoms with Crippen molar-refractivity contribution in [3.63, 3.8) is 0 Å². The molecule has 3 atom stereocenters. The van der Waals surface area contributed by atoms with Crippen molar-refractivity contribution in [1.82, 2.24) is 29.9 Å². The Labute approximate surface area is 338 Å². The molecule has 9 rings (SSSR count). The molecule has 4 aliphatic rings. The molecule has 0 bridgehead atoms. The van der Waals surface area contributed by atoms with Crippen LogP contribution < -0.4 is 20.9 Å². The Kier molecular flexibility index (Phi) is 9.92. The number of piperidine rings is 3. The number of aromatic hydroxyl groups is 1. The molecule has 2 aromatic heterocycles. The van der Waals surface area contributed by atoms with Crippen molar-refractivity contribution in [3.8, 4) is 17.0 Å². The maximum absolute atomic E-state index is 13.7. The zero-order valence-electron chi connectivity index (χ0n) is 34.8. The van der Waals surface area contributed by atoms with Crippen molar-refractivity contribution < 1.29 is 12.6 Å². The molecule has 0 radical (unpaired) electrons. The second-order valence-electron chi connectivity index (χ2n) is 16.3. The zero-order chi connectivity index (χ0) is 40.6. The highest BCUT2D eigenvalue weighted by Crippen LogP contribution is 2.37. The normalized spacial score (nSPS) is 23.2. The van der Waals surface area contributed by atoms with Gasteiger partial charge in [0.05, 0.1) is 30.6 Å². The number of rotatable bonds is 8. The molecule has 6 heterocycles. The number of para-hydroxylation sites is 1. The van der Waals surface area contributed by atoms with Gasteiger partial charge in [0.25, 0.3) is 5.91 Å². The molecule has 0 aliphatic carbocycles. The molecule has 1 amide bonds. The Morgan fingerprint density at radius 1 is 0.912 bits per heavy atom. The van der Waals surface area contributed by atoms with Crippen molar-refractivity contribution in [2.75, 3.05) is 74.5 Å². The van der Waals surface area contributed by atoms with Crippen LogP contribution in [-0.4, -0.2) is 94.6 Å².